The van der Waals surface area contributed by atoms with E-state index in [1.807, 2.05) is 6.92 Å². The number of nitrogens with zero attached hydrogens (tertiary/aromatic N) is 2. The number of rotatable bonds is 4. The van der Waals surface area contributed by atoms with Crippen LogP contribution in [0.1, 0.15) is 35.4 Å². The summed E-state index contributed by atoms with van der Waals surface area (Å²) in [7, 11) is 0. The maximum absolute atomic E-state index is 12.7. The van der Waals surface area contributed by atoms with Crippen molar-refractivity contribution in [1.82, 2.24) is 9.97 Å². The number of aromatic nitrogens is 2. The number of thioether (sulfide) groups is 1. The molecular weight excluding hydrogens is 363 g/mol. The van der Waals surface area contributed by atoms with Gasteiger partial charge in [0.15, 0.2) is 5.16 Å². The lowest BCUT2D eigenvalue weighted by Crippen LogP contribution is -2.16. The van der Waals surface area contributed by atoms with Gasteiger partial charge in [0, 0.05) is 17.1 Å². The number of fused-ring (bicyclic) bond motifs is 1. The summed E-state index contributed by atoms with van der Waals surface area (Å²) < 4.78 is 38.2. The minimum Gasteiger partial charge on any atom is -0.325 e. The molecule has 0 unspecified atom stereocenters. The normalized spacial score (nSPS) is 14.0. The molecule has 1 aromatic carbocycles. The van der Waals surface area contributed by atoms with Gasteiger partial charge in [-0.2, -0.15) is 13.2 Å². The number of hydrogen-bond donors (Lipinski definition) is 1. The topological polar surface area (TPSA) is 54.9 Å². The molecule has 0 fully saturated rings. The van der Waals surface area contributed by atoms with Gasteiger partial charge in [0.2, 0.25) is 5.91 Å². The zero-order chi connectivity index (χ0) is 18.7. The van der Waals surface area contributed by atoms with Crippen LogP contribution in [0.4, 0.5) is 18.9 Å². The molecule has 3 rings (SSSR count). The van der Waals surface area contributed by atoms with E-state index in [-0.39, 0.29) is 11.4 Å². The lowest BCUT2D eigenvalue weighted by atomic mass is 9.95. The zero-order valence-corrected chi connectivity index (χ0v) is 15.0. The second-order valence-electron chi connectivity index (χ2n) is 6.14. The van der Waals surface area contributed by atoms with E-state index in [4.69, 9.17) is 0 Å². The highest BCUT2D eigenvalue weighted by Crippen LogP contribution is 2.31. The number of benzene rings is 1. The Morgan fingerprint density at radius 1 is 1.23 bits per heavy atom. The van der Waals surface area contributed by atoms with Crippen LogP contribution in [0.2, 0.25) is 0 Å². The summed E-state index contributed by atoms with van der Waals surface area (Å²) in [4.78, 5) is 21.0. The molecule has 0 atom stereocenters. The van der Waals surface area contributed by atoms with Gasteiger partial charge < -0.3 is 5.32 Å². The van der Waals surface area contributed by atoms with Crippen molar-refractivity contribution in [3.8, 4) is 0 Å². The monoisotopic (exact) mass is 381 g/mol. The number of hydrogen-bond acceptors (Lipinski definition) is 4. The van der Waals surface area contributed by atoms with Gasteiger partial charge in [0.25, 0.3) is 0 Å². The Kier molecular flexibility index (Phi) is 5.50. The molecule has 0 radical (unpaired) electrons. The molecule has 8 heteroatoms. The number of anilines is 1. The van der Waals surface area contributed by atoms with Crippen molar-refractivity contribution in [2.75, 3.05) is 11.1 Å². The van der Waals surface area contributed by atoms with Gasteiger partial charge in [-0.1, -0.05) is 17.8 Å². The van der Waals surface area contributed by atoms with Crippen LogP contribution < -0.4 is 5.32 Å². The van der Waals surface area contributed by atoms with E-state index in [1.165, 1.54) is 29.5 Å². The third-order valence-electron chi connectivity index (χ3n) is 4.18. The number of amides is 1. The quantitative estimate of drug-likeness (QED) is 0.629. The van der Waals surface area contributed by atoms with Crippen molar-refractivity contribution >= 4 is 23.4 Å². The molecule has 0 aliphatic heterocycles. The van der Waals surface area contributed by atoms with Crippen LogP contribution in [0, 0.1) is 6.92 Å². The molecule has 1 aliphatic carbocycles. The first-order valence-electron chi connectivity index (χ1n) is 8.29. The second-order valence-corrected chi connectivity index (χ2v) is 7.08. The molecule has 0 bridgehead atoms. The fourth-order valence-electron chi connectivity index (χ4n) is 2.92. The van der Waals surface area contributed by atoms with Crippen LogP contribution in [-0.4, -0.2) is 21.6 Å². The third-order valence-corrected chi connectivity index (χ3v) is 5.02. The van der Waals surface area contributed by atoms with Crippen molar-refractivity contribution in [3.63, 3.8) is 0 Å². The minimum atomic E-state index is -4.44. The first-order valence-corrected chi connectivity index (χ1v) is 9.28. The van der Waals surface area contributed by atoms with Gasteiger partial charge in [-0.15, -0.1) is 0 Å². The van der Waals surface area contributed by atoms with Crippen molar-refractivity contribution in [1.29, 1.82) is 0 Å². The standard InChI is InChI=1S/C18H18F3N3OS/c1-11-14-7-2-3-8-15(14)24-17(22-11)26-10-16(25)23-13-6-4-5-12(9-13)18(19,20)21/h4-6,9H,2-3,7-8,10H2,1H3,(H,23,25). The SMILES string of the molecule is Cc1nc(SCC(=O)Nc2cccc(C(F)(F)F)c2)nc2c1CCCC2. The Balaban J connectivity index is 1.62. The maximum Gasteiger partial charge on any atom is 0.416 e. The minimum absolute atomic E-state index is 0.0362. The van der Waals surface area contributed by atoms with E-state index in [2.05, 4.69) is 15.3 Å². The van der Waals surface area contributed by atoms with Gasteiger partial charge in [-0.25, -0.2) is 9.97 Å². The van der Waals surface area contributed by atoms with E-state index in [9.17, 15) is 18.0 Å². The summed E-state index contributed by atoms with van der Waals surface area (Å²) in [5, 5.41) is 3.02. The first-order chi connectivity index (χ1) is 12.3. The van der Waals surface area contributed by atoms with Crippen molar-refractivity contribution < 1.29 is 18.0 Å². The average Bonchev–Trinajstić information content (AvgIpc) is 2.59. The molecular formula is C18H18F3N3OS. The fourth-order valence-corrected chi connectivity index (χ4v) is 3.63. The van der Waals surface area contributed by atoms with E-state index < -0.39 is 17.6 Å². The maximum atomic E-state index is 12.7. The van der Waals surface area contributed by atoms with E-state index in [0.29, 0.717) is 5.16 Å². The van der Waals surface area contributed by atoms with Crippen LogP contribution >= 0.6 is 11.8 Å². The highest BCUT2D eigenvalue weighted by molar-refractivity contribution is 7.99. The molecule has 0 spiro atoms. The predicted octanol–water partition coefficient (Wildman–Crippen LogP) is 4.41. The molecule has 138 valence electrons. The van der Waals surface area contributed by atoms with Crippen LogP contribution in [0.25, 0.3) is 0 Å². The van der Waals surface area contributed by atoms with Gasteiger partial charge in [0.1, 0.15) is 0 Å². The number of nitrogens with one attached hydrogen (secondary N) is 1. The number of aryl methyl sites for hydroxylation is 2. The van der Waals surface area contributed by atoms with Crippen LogP contribution in [0.5, 0.6) is 0 Å². The molecule has 1 N–H and O–H groups in total. The van der Waals surface area contributed by atoms with Crippen molar-refractivity contribution in [2.24, 2.45) is 0 Å². The molecule has 0 saturated heterocycles. The molecule has 2 aromatic rings. The molecule has 0 saturated carbocycles. The first kappa shape index (κ1) is 18.7. The largest absolute Gasteiger partial charge is 0.416 e. The van der Waals surface area contributed by atoms with Gasteiger partial charge in [-0.05, 0) is 56.4 Å². The Morgan fingerprint density at radius 2 is 2.00 bits per heavy atom. The van der Waals surface area contributed by atoms with Crippen LogP contribution in [0.15, 0.2) is 29.4 Å². The highest BCUT2D eigenvalue weighted by Gasteiger charge is 2.30. The number of carbonyl (C=O) groups excluding carboxylic acids is 1. The molecule has 1 heterocycles. The fraction of sp³-hybridized carbons (Fsp3) is 0.389. The smallest absolute Gasteiger partial charge is 0.325 e. The molecule has 4 nitrogen and oxygen atoms in total. The Hall–Kier alpha value is -2.09. The summed E-state index contributed by atoms with van der Waals surface area (Å²) in [5.74, 6) is -0.359. The van der Waals surface area contributed by atoms with E-state index in [1.54, 1.807) is 0 Å². The highest BCUT2D eigenvalue weighted by atomic mass is 32.2. The van der Waals surface area contributed by atoms with E-state index in [0.717, 1.165) is 49.2 Å². The molecule has 1 aliphatic rings. The molecule has 1 amide bonds. The Labute approximate surface area is 153 Å². The molecule has 26 heavy (non-hydrogen) atoms. The summed E-state index contributed by atoms with van der Waals surface area (Å²) in [5.41, 5.74) is 2.51. The Bertz CT molecular complexity index is 824. The van der Waals surface area contributed by atoms with Crippen LogP contribution in [-0.2, 0) is 23.8 Å². The summed E-state index contributed by atoms with van der Waals surface area (Å²) >= 11 is 1.19. The van der Waals surface area contributed by atoms with Crippen LogP contribution in [0.3, 0.4) is 0 Å². The van der Waals surface area contributed by atoms with Gasteiger partial charge in [-0.3, -0.25) is 4.79 Å². The summed E-state index contributed by atoms with van der Waals surface area (Å²) in [6.45, 7) is 1.94. The predicted molar refractivity (Wildman–Crippen MR) is 94.2 cm³/mol. The average molecular weight is 381 g/mol. The molecule has 1 aromatic heterocycles. The van der Waals surface area contributed by atoms with Crippen molar-refractivity contribution in [2.45, 2.75) is 43.9 Å². The van der Waals surface area contributed by atoms with E-state index >= 15 is 0 Å². The number of halogens is 3. The van der Waals surface area contributed by atoms with Crippen molar-refractivity contribution in [3.05, 3.63) is 46.8 Å². The van der Waals surface area contributed by atoms with Gasteiger partial charge >= 0.3 is 6.18 Å². The summed E-state index contributed by atoms with van der Waals surface area (Å²) in [6, 6.07) is 4.58. The van der Waals surface area contributed by atoms with Gasteiger partial charge in [0.05, 0.1) is 11.3 Å². The number of alkyl halides is 3. The zero-order valence-electron chi connectivity index (χ0n) is 14.2. The number of carbonyl (C=O) groups is 1. The Morgan fingerprint density at radius 3 is 2.77 bits per heavy atom. The third kappa shape index (κ3) is 4.55. The lowest BCUT2D eigenvalue weighted by Gasteiger charge is -2.17. The summed E-state index contributed by atoms with van der Waals surface area (Å²) in [6.07, 6.45) is -0.290. The second kappa shape index (κ2) is 7.65. The lowest BCUT2D eigenvalue weighted by molar-refractivity contribution is -0.137.